The maximum Gasteiger partial charge on any atom is 0.125 e. The van der Waals surface area contributed by atoms with Gasteiger partial charge in [0.2, 0.25) is 0 Å². The number of ether oxygens (including phenoxy) is 1. The standard InChI is InChI=1S/C15H15BrClFN2O/c1-8(2)21-12-6-10(19)5-11(7-12)20-15-13(16)3-9(18)4-14(15)17/h3-8,20H,19H2,1-2H3. The van der Waals surface area contributed by atoms with E-state index in [1.54, 1.807) is 12.1 Å². The maximum atomic E-state index is 13.2. The van der Waals surface area contributed by atoms with Crippen molar-refractivity contribution in [1.29, 1.82) is 0 Å². The lowest BCUT2D eigenvalue weighted by Gasteiger charge is -2.15. The van der Waals surface area contributed by atoms with Gasteiger partial charge in [-0.15, -0.1) is 0 Å². The lowest BCUT2D eigenvalue weighted by atomic mass is 10.2. The molecule has 0 spiro atoms. The second-order valence-electron chi connectivity index (χ2n) is 4.83. The first kappa shape index (κ1) is 15.9. The lowest BCUT2D eigenvalue weighted by molar-refractivity contribution is 0.242. The van der Waals surface area contributed by atoms with Crippen LogP contribution in [0.1, 0.15) is 13.8 Å². The predicted octanol–water partition coefficient (Wildman–Crippen LogP) is 5.35. The summed E-state index contributed by atoms with van der Waals surface area (Å²) in [4.78, 5) is 0. The van der Waals surface area contributed by atoms with Crippen LogP contribution in [0.3, 0.4) is 0 Å². The molecule has 112 valence electrons. The Labute approximate surface area is 136 Å². The van der Waals surface area contributed by atoms with Crippen LogP contribution >= 0.6 is 27.5 Å². The second kappa shape index (κ2) is 6.54. The number of benzene rings is 2. The Hall–Kier alpha value is -1.46. The summed E-state index contributed by atoms with van der Waals surface area (Å²) in [6.07, 6.45) is 0.0424. The molecule has 0 aliphatic rings. The zero-order chi connectivity index (χ0) is 15.6. The molecule has 0 fully saturated rings. The molecule has 2 rings (SSSR count). The molecule has 0 bridgehead atoms. The van der Waals surface area contributed by atoms with Crippen molar-refractivity contribution in [3.05, 3.63) is 45.6 Å². The van der Waals surface area contributed by atoms with Crippen LogP contribution in [-0.2, 0) is 0 Å². The van der Waals surface area contributed by atoms with Gasteiger partial charge in [0.1, 0.15) is 11.6 Å². The summed E-state index contributed by atoms with van der Waals surface area (Å²) in [7, 11) is 0. The van der Waals surface area contributed by atoms with Gasteiger partial charge in [0.15, 0.2) is 0 Å². The molecular formula is C15H15BrClFN2O. The van der Waals surface area contributed by atoms with Crippen LogP contribution in [0.4, 0.5) is 21.5 Å². The van der Waals surface area contributed by atoms with Gasteiger partial charge in [0, 0.05) is 28.0 Å². The molecule has 3 N–H and O–H groups in total. The second-order valence-corrected chi connectivity index (χ2v) is 6.09. The quantitative estimate of drug-likeness (QED) is 0.710. The number of rotatable bonds is 4. The highest BCUT2D eigenvalue weighted by Crippen LogP contribution is 2.35. The molecule has 3 nitrogen and oxygen atoms in total. The van der Waals surface area contributed by atoms with Gasteiger partial charge in [-0.25, -0.2) is 4.39 Å². The molecule has 0 atom stereocenters. The smallest absolute Gasteiger partial charge is 0.125 e. The van der Waals surface area contributed by atoms with Gasteiger partial charge in [-0.1, -0.05) is 11.6 Å². The summed E-state index contributed by atoms with van der Waals surface area (Å²) >= 11 is 9.34. The highest BCUT2D eigenvalue weighted by atomic mass is 79.9. The van der Waals surface area contributed by atoms with Crippen molar-refractivity contribution in [2.75, 3.05) is 11.1 Å². The molecule has 6 heteroatoms. The summed E-state index contributed by atoms with van der Waals surface area (Å²) in [5, 5.41) is 3.39. The van der Waals surface area contributed by atoms with Crippen LogP contribution in [0, 0.1) is 5.82 Å². The molecule has 0 heterocycles. The molecule has 0 amide bonds. The zero-order valence-corrected chi connectivity index (χ0v) is 13.9. The molecule has 0 unspecified atom stereocenters. The minimum atomic E-state index is -0.408. The fraction of sp³-hybridized carbons (Fsp3) is 0.200. The van der Waals surface area contributed by atoms with Gasteiger partial charge in [-0.05, 0) is 48.0 Å². The topological polar surface area (TPSA) is 47.3 Å². The van der Waals surface area contributed by atoms with Crippen LogP contribution in [-0.4, -0.2) is 6.10 Å². The predicted molar refractivity (Wildman–Crippen MR) is 89.0 cm³/mol. The van der Waals surface area contributed by atoms with Gasteiger partial charge < -0.3 is 15.8 Å². The molecule has 21 heavy (non-hydrogen) atoms. The largest absolute Gasteiger partial charge is 0.491 e. The molecule has 0 radical (unpaired) electrons. The first-order valence-corrected chi connectivity index (χ1v) is 7.51. The van der Waals surface area contributed by atoms with E-state index in [0.29, 0.717) is 27.3 Å². The average molecular weight is 374 g/mol. The Morgan fingerprint density at radius 2 is 1.95 bits per heavy atom. The number of nitrogens with two attached hydrogens (primary N) is 1. The van der Waals surface area contributed by atoms with Crippen molar-refractivity contribution >= 4 is 44.6 Å². The van der Waals surface area contributed by atoms with Crippen molar-refractivity contribution in [1.82, 2.24) is 0 Å². The van der Waals surface area contributed by atoms with Crippen LogP contribution in [0.25, 0.3) is 0 Å². The van der Waals surface area contributed by atoms with Crippen molar-refractivity contribution in [3.8, 4) is 5.75 Å². The highest BCUT2D eigenvalue weighted by molar-refractivity contribution is 9.10. The minimum Gasteiger partial charge on any atom is -0.491 e. The van der Waals surface area contributed by atoms with E-state index in [1.807, 2.05) is 19.9 Å². The van der Waals surface area contributed by atoms with Gasteiger partial charge in [0.05, 0.1) is 16.8 Å². The number of hydrogen-bond donors (Lipinski definition) is 2. The number of nitrogen functional groups attached to an aromatic ring is 1. The number of anilines is 3. The van der Waals surface area contributed by atoms with Gasteiger partial charge in [-0.2, -0.15) is 0 Å². The van der Waals surface area contributed by atoms with Gasteiger partial charge >= 0.3 is 0 Å². The van der Waals surface area contributed by atoms with Crippen LogP contribution in [0.5, 0.6) is 5.75 Å². The molecule has 0 saturated carbocycles. The van der Waals surface area contributed by atoms with Crippen molar-refractivity contribution in [3.63, 3.8) is 0 Å². The Morgan fingerprint density at radius 3 is 2.57 bits per heavy atom. The molecule has 2 aromatic carbocycles. The van der Waals surface area contributed by atoms with E-state index in [2.05, 4.69) is 21.2 Å². The number of nitrogens with one attached hydrogen (secondary N) is 1. The highest BCUT2D eigenvalue weighted by Gasteiger charge is 2.10. The van der Waals surface area contributed by atoms with Gasteiger partial charge in [0.25, 0.3) is 0 Å². The van der Waals surface area contributed by atoms with E-state index in [0.717, 1.165) is 0 Å². The summed E-state index contributed by atoms with van der Waals surface area (Å²) in [5.41, 5.74) is 7.70. The van der Waals surface area contributed by atoms with E-state index in [9.17, 15) is 4.39 Å². The normalized spacial score (nSPS) is 10.8. The summed E-state index contributed by atoms with van der Waals surface area (Å²) in [5.74, 6) is 0.246. The minimum absolute atomic E-state index is 0.0424. The van der Waals surface area contributed by atoms with Gasteiger partial charge in [-0.3, -0.25) is 0 Å². The fourth-order valence-corrected chi connectivity index (χ4v) is 2.74. The fourth-order valence-electron chi connectivity index (χ4n) is 1.84. The third-order valence-electron chi connectivity index (χ3n) is 2.58. The molecule has 0 aliphatic carbocycles. The van der Waals surface area contributed by atoms with Crippen molar-refractivity contribution < 1.29 is 9.13 Å². The summed E-state index contributed by atoms with van der Waals surface area (Å²) < 4.78 is 19.4. The number of halogens is 3. The lowest BCUT2D eigenvalue weighted by Crippen LogP contribution is -2.06. The van der Waals surface area contributed by atoms with Crippen LogP contribution in [0.15, 0.2) is 34.8 Å². The van der Waals surface area contributed by atoms with E-state index >= 15 is 0 Å². The molecule has 2 aromatic rings. The first-order chi connectivity index (χ1) is 9.85. The Bertz CT molecular complexity index is 641. The molecule has 0 saturated heterocycles. The summed E-state index contributed by atoms with van der Waals surface area (Å²) in [6, 6.07) is 7.88. The molecule has 0 aromatic heterocycles. The SMILES string of the molecule is CC(C)Oc1cc(N)cc(Nc2c(Cl)cc(F)cc2Br)c1. The maximum absolute atomic E-state index is 13.2. The van der Waals surface area contributed by atoms with Crippen LogP contribution in [0.2, 0.25) is 5.02 Å². The third kappa shape index (κ3) is 4.25. The van der Waals surface area contributed by atoms with Crippen molar-refractivity contribution in [2.24, 2.45) is 0 Å². The Kier molecular flexibility index (Phi) is 4.96. The van der Waals surface area contributed by atoms with Crippen molar-refractivity contribution in [2.45, 2.75) is 20.0 Å². The summed E-state index contributed by atoms with van der Waals surface area (Å²) in [6.45, 7) is 3.87. The van der Waals surface area contributed by atoms with E-state index in [1.165, 1.54) is 12.1 Å². The van der Waals surface area contributed by atoms with E-state index < -0.39 is 5.82 Å². The third-order valence-corrected chi connectivity index (χ3v) is 3.50. The zero-order valence-electron chi connectivity index (χ0n) is 11.6. The van der Waals surface area contributed by atoms with E-state index in [4.69, 9.17) is 22.1 Å². The Morgan fingerprint density at radius 1 is 1.24 bits per heavy atom. The van der Waals surface area contributed by atoms with E-state index in [-0.39, 0.29) is 11.1 Å². The molecule has 0 aliphatic heterocycles. The average Bonchev–Trinajstić information content (AvgIpc) is 2.32. The first-order valence-electron chi connectivity index (χ1n) is 6.34. The Balaban J connectivity index is 2.33. The van der Waals surface area contributed by atoms with Crippen LogP contribution < -0.4 is 15.8 Å². The number of hydrogen-bond acceptors (Lipinski definition) is 3. The monoisotopic (exact) mass is 372 g/mol. The molecular weight excluding hydrogens is 359 g/mol.